The van der Waals surface area contributed by atoms with E-state index in [4.69, 9.17) is 24.2 Å². The van der Waals surface area contributed by atoms with Crippen LogP contribution in [0.2, 0.25) is 0 Å². The number of aromatic hydroxyl groups is 5. The molecule has 27 nitrogen and oxygen atoms in total. The van der Waals surface area contributed by atoms with Crippen molar-refractivity contribution in [2.75, 3.05) is 14.2 Å². The number of aryl methyl sites for hydroxylation is 4. The van der Waals surface area contributed by atoms with Crippen LogP contribution in [0.1, 0.15) is 57.5 Å². The maximum absolute atomic E-state index is 10.4. The molecule has 20 rings (SSSR count). The fourth-order valence-electron chi connectivity index (χ4n) is 14.2. The van der Waals surface area contributed by atoms with E-state index in [0.29, 0.717) is 121 Å². The van der Waals surface area contributed by atoms with Crippen LogP contribution in [0.25, 0.3) is 159 Å². The molecular formula is C116H113N15O12. The third-order valence-electron chi connectivity index (χ3n) is 21.4. The van der Waals surface area contributed by atoms with Gasteiger partial charge < -0.3 is 61.6 Å². The largest absolute Gasteiger partial charge is 0.507 e. The molecule has 0 bridgehead atoms. The molecule has 0 aliphatic rings. The summed E-state index contributed by atoms with van der Waals surface area (Å²) >= 11 is 0. The quantitative estimate of drug-likeness (QED) is 0.0532. The molecule has 0 saturated carbocycles. The molecule has 27 heteroatoms. The van der Waals surface area contributed by atoms with Gasteiger partial charge in [0.05, 0.1) is 47.6 Å². The van der Waals surface area contributed by atoms with Gasteiger partial charge >= 0.3 is 6.01 Å². The number of rotatable bonds is 18. The molecule has 5 heterocycles. The zero-order valence-corrected chi connectivity index (χ0v) is 76.5. The smallest absolute Gasteiger partial charge is 0.326 e. The third kappa shape index (κ3) is 27.3. The Morgan fingerprint density at radius 2 is 0.441 bits per heavy atom. The number of hydrogen-bond acceptors (Lipinski definition) is 23. The molecule has 5 aromatic heterocycles. The Morgan fingerprint density at radius 1 is 0.189 bits per heavy atom. The minimum absolute atomic E-state index is 0. The number of aromatic nitrogens is 15. The Labute approximate surface area is 831 Å². The van der Waals surface area contributed by atoms with Crippen molar-refractivity contribution < 1.29 is 61.6 Å². The molecule has 0 amide bonds. The zero-order chi connectivity index (χ0) is 93.5. The lowest BCUT2D eigenvalue weighted by atomic mass is 10.0. The first-order valence-electron chi connectivity index (χ1n) is 43.1. The van der Waals surface area contributed by atoms with Crippen molar-refractivity contribution in [3.63, 3.8) is 0 Å². The van der Waals surface area contributed by atoms with E-state index in [0.717, 1.165) is 78.1 Å². The number of hydrogen-bond donors (Lipinski definition) is 5. The van der Waals surface area contributed by atoms with E-state index in [1.165, 1.54) is 5.56 Å². The molecular weight excluding hydrogens is 1800 g/mol. The molecule has 13 N–H and O–H groups in total. The van der Waals surface area contributed by atoms with Gasteiger partial charge in [-0.3, -0.25) is 0 Å². The topological polar surface area (TPSA) is 448 Å². The van der Waals surface area contributed by atoms with Gasteiger partial charge in [-0.1, -0.05) is 320 Å². The Hall–Kier alpha value is -18.4. The van der Waals surface area contributed by atoms with E-state index >= 15 is 0 Å². The van der Waals surface area contributed by atoms with E-state index < -0.39 is 0 Å². The Balaban J connectivity index is 0.000000216. The minimum Gasteiger partial charge on any atom is -0.507 e. The normalized spacial score (nSPS) is 10.0. The van der Waals surface area contributed by atoms with Crippen LogP contribution in [-0.2, 0) is 0 Å². The SMILES string of the molecule is C.C.C.C.COc1cc(-c2nc(-c3ccccc3)nc(-c3ccccc3O)n2)cc(C)c1C.COc1ccccc1-c1nc(-c2ccccc2C)nc(-c2ccccc2O)n1.Cc1ccc(-c2nc(-c3ccccc3)nc(-c3ccccc3)n2)c(O)c1.Cc1ccc(-c2nc(-c3ccccc3)nc(-c3ccccc3O)n2)cc1.O.O.O.O.Oc1ccccc1-c1nc(Oc2ccccc2)nc(-c2ccccc2)n1. The van der Waals surface area contributed by atoms with Crippen molar-refractivity contribution >= 4 is 0 Å². The highest BCUT2D eigenvalue weighted by Gasteiger charge is 2.23. The lowest BCUT2D eigenvalue weighted by molar-refractivity contribution is 0.411. The summed E-state index contributed by atoms with van der Waals surface area (Å²) in [6.45, 7) is 10.0. The first-order valence-corrected chi connectivity index (χ1v) is 43.1. The number of ether oxygens (including phenoxy) is 3. The first kappa shape index (κ1) is 110. The summed E-state index contributed by atoms with van der Waals surface area (Å²) in [6, 6.07) is 119. The van der Waals surface area contributed by atoms with Gasteiger partial charge in [0, 0.05) is 44.5 Å². The van der Waals surface area contributed by atoms with Gasteiger partial charge in [-0.05, 0) is 154 Å². The number of benzene rings is 15. The highest BCUT2D eigenvalue weighted by molar-refractivity contribution is 5.77. The summed E-state index contributed by atoms with van der Waals surface area (Å²) in [6.07, 6.45) is 0. The van der Waals surface area contributed by atoms with Crippen LogP contribution in [0.3, 0.4) is 0 Å². The average Bonchev–Trinajstić information content (AvgIpc) is 0.765. The van der Waals surface area contributed by atoms with Crippen LogP contribution in [0.4, 0.5) is 0 Å². The lowest BCUT2D eigenvalue weighted by Crippen LogP contribution is -2.02. The van der Waals surface area contributed by atoms with Gasteiger partial charge in [-0.25, -0.2) is 64.8 Å². The Morgan fingerprint density at radius 3 is 0.790 bits per heavy atom. The summed E-state index contributed by atoms with van der Waals surface area (Å²) in [5.74, 6) is 9.73. The van der Waals surface area contributed by atoms with E-state index in [-0.39, 0.29) is 86.4 Å². The number of phenols is 5. The monoisotopic (exact) mass is 1910 g/mol. The van der Waals surface area contributed by atoms with Gasteiger partial charge in [0.1, 0.15) is 46.0 Å². The van der Waals surface area contributed by atoms with E-state index in [1.807, 2.05) is 338 Å². The molecule has 0 saturated heterocycles. The molecule has 0 aliphatic heterocycles. The minimum atomic E-state index is 0. The molecule has 0 aliphatic carbocycles. The molecule has 0 fully saturated rings. The van der Waals surface area contributed by atoms with Crippen LogP contribution in [0, 0.1) is 34.6 Å². The third-order valence-corrected chi connectivity index (χ3v) is 21.4. The fraction of sp³-hybridized carbons (Fsp3) is 0.0948. The van der Waals surface area contributed by atoms with Crippen molar-refractivity contribution in [1.82, 2.24) is 74.8 Å². The van der Waals surface area contributed by atoms with E-state index in [1.54, 1.807) is 93.1 Å². The lowest BCUT2D eigenvalue weighted by Gasteiger charge is -2.12. The predicted octanol–water partition coefficient (Wildman–Crippen LogP) is 23.8. The van der Waals surface area contributed by atoms with Gasteiger partial charge in [-0.15, -0.1) is 0 Å². The predicted molar refractivity (Wildman–Crippen MR) is 568 cm³/mol. The second-order valence-electron chi connectivity index (χ2n) is 30.8. The fourth-order valence-corrected chi connectivity index (χ4v) is 14.2. The van der Waals surface area contributed by atoms with Crippen molar-refractivity contribution in [2.24, 2.45) is 0 Å². The van der Waals surface area contributed by atoms with Gasteiger partial charge in [0.25, 0.3) is 0 Å². The van der Waals surface area contributed by atoms with Crippen LogP contribution in [0.15, 0.2) is 382 Å². The molecule has 20 aromatic rings. The standard InChI is InChI=1S/C24H21N3O2.C23H19N3O2.2C22H17N3O.C21H15N3O2.4CH4.4H2O/c1-15-13-18(14-21(29-3)16(15)2)23-25-22(17-9-5-4-6-10-17)26-24(27-23)19-11-7-8-12-20(19)28;1-15-9-3-4-10-16(15)21-24-22(17-11-5-7-13-19(17)27)26-23(25-21)18-12-6-8-14-20(18)28-2;1-15-12-13-18(19(26)14-15)22-24-20(16-8-4-2-5-9-16)23-21(25-22)17-10-6-3-7-11-17;1-15-11-13-17(14-12-15)21-23-20(16-7-3-2-4-8-16)24-22(25-21)18-9-5-6-10-19(18)26;25-18-14-8-7-13-17(18)20-22-19(15-9-3-1-4-10-15)23-21(24-20)26-16-11-5-2-6-12-16;;;;;;;;/h4-14,28H,1-3H3;3-14,27H,1-2H3;2*2-14,26H,1H3;1-14,25H;4*1H4;4*1H2. The number of methoxy groups -OCH3 is 2. The summed E-state index contributed by atoms with van der Waals surface area (Å²) in [5.41, 5.74) is 16.0. The highest BCUT2D eigenvalue weighted by atomic mass is 16.5. The molecule has 724 valence electrons. The van der Waals surface area contributed by atoms with Crippen LogP contribution in [-0.4, -0.2) is 136 Å². The average molecular weight is 1910 g/mol. The zero-order valence-electron chi connectivity index (χ0n) is 76.5. The summed E-state index contributed by atoms with van der Waals surface area (Å²) in [4.78, 5) is 69.1. The van der Waals surface area contributed by atoms with Crippen LogP contribution < -0.4 is 14.2 Å². The van der Waals surface area contributed by atoms with Crippen LogP contribution in [0.5, 0.6) is 52.0 Å². The number of para-hydroxylation sites is 6. The highest BCUT2D eigenvalue weighted by Crippen LogP contribution is 2.39. The molecule has 0 unspecified atom stereocenters. The Kier molecular flexibility index (Phi) is 40.1. The number of phenolic OH excluding ortho intramolecular Hbond substituents is 5. The number of nitrogens with zero attached hydrogens (tertiary/aromatic N) is 15. The summed E-state index contributed by atoms with van der Waals surface area (Å²) in [7, 11) is 3.27. The molecule has 15 aromatic carbocycles. The molecule has 0 radical (unpaired) electrons. The van der Waals surface area contributed by atoms with Crippen molar-refractivity contribution in [3.8, 4) is 211 Å². The second-order valence-corrected chi connectivity index (χ2v) is 30.8. The van der Waals surface area contributed by atoms with Gasteiger partial charge in [0.15, 0.2) is 81.5 Å². The first-order chi connectivity index (χ1) is 65.9. The van der Waals surface area contributed by atoms with E-state index in [2.05, 4.69) is 64.8 Å². The van der Waals surface area contributed by atoms with Crippen LogP contribution >= 0.6 is 0 Å². The summed E-state index contributed by atoms with van der Waals surface area (Å²) in [5, 5.41) is 51.4. The maximum Gasteiger partial charge on any atom is 0.326 e. The molecule has 143 heavy (non-hydrogen) atoms. The van der Waals surface area contributed by atoms with Gasteiger partial charge in [-0.2, -0.15) is 9.97 Å². The van der Waals surface area contributed by atoms with Crippen molar-refractivity contribution in [2.45, 2.75) is 64.3 Å². The molecule has 0 spiro atoms. The summed E-state index contributed by atoms with van der Waals surface area (Å²) < 4.78 is 16.8. The van der Waals surface area contributed by atoms with E-state index in [9.17, 15) is 25.5 Å². The second kappa shape index (κ2) is 52.2. The van der Waals surface area contributed by atoms with Crippen molar-refractivity contribution in [1.29, 1.82) is 0 Å². The van der Waals surface area contributed by atoms with Gasteiger partial charge in [0.2, 0.25) is 0 Å². The Bertz CT molecular complexity index is 7330. The maximum atomic E-state index is 10.4. The molecule has 0 atom stereocenters. The van der Waals surface area contributed by atoms with Crippen molar-refractivity contribution in [3.05, 3.63) is 410 Å².